The number of hydrogen-bond acceptors (Lipinski definition) is 3. The van der Waals surface area contributed by atoms with E-state index in [2.05, 4.69) is 22.5 Å². The third-order valence-electron chi connectivity index (χ3n) is 2.91. The van der Waals surface area contributed by atoms with Gasteiger partial charge in [0.05, 0.1) is 5.56 Å². The van der Waals surface area contributed by atoms with E-state index in [1.54, 1.807) is 25.4 Å². The number of pyridine rings is 1. The number of carbonyl (C=O) groups excluding carboxylic acids is 1. The lowest BCUT2D eigenvalue weighted by Crippen LogP contribution is -2.33. The Labute approximate surface area is 109 Å². The molecule has 0 aliphatic carbocycles. The minimum absolute atomic E-state index is 0.0588. The average Bonchev–Trinajstić information content (AvgIpc) is 2.39. The Morgan fingerprint density at radius 1 is 1.44 bits per heavy atom. The Morgan fingerprint density at radius 3 is 2.89 bits per heavy atom. The first kappa shape index (κ1) is 14.5. The lowest BCUT2D eigenvalue weighted by atomic mass is 10.1. The number of amides is 1. The van der Waals surface area contributed by atoms with E-state index >= 15 is 0 Å². The van der Waals surface area contributed by atoms with Crippen molar-refractivity contribution < 1.29 is 4.79 Å². The van der Waals surface area contributed by atoms with Crippen molar-refractivity contribution in [2.75, 3.05) is 12.4 Å². The topological polar surface area (TPSA) is 54.0 Å². The van der Waals surface area contributed by atoms with Gasteiger partial charge in [0.2, 0.25) is 0 Å². The second-order valence-electron chi connectivity index (χ2n) is 4.52. The molecule has 0 fully saturated rings. The molecule has 0 bridgehead atoms. The van der Waals surface area contributed by atoms with Crippen molar-refractivity contribution in [3.8, 4) is 0 Å². The van der Waals surface area contributed by atoms with Gasteiger partial charge in [-0.25, -0.2) is 4.98 Å². The monoisotopic (exact) mass is 249 g/mol. The van der Waals surface area contributed by atoms with Crippen LogP contribution in [0.2, 0.25) is 0 Å². The molecule has 4 nitrogen and oxygen atoms in total. The van der Waals surface area contributed by atoms with E-state index in [1.165, 1.54) is 12.8 Å². The van der Waals surface area contributed by atoms with Crippen LogP contribution in [0.25, 0.3) is 0 Å². The lowest BCUT2D eigenvalue weighted by Gasteiger charge is -2.14. The first-order valence-corrected chi connectivity index (χ1v) is 6.62. The number of carbonyl (C=O) groups is 1. The smallest absolute Gasteiger partial charge is 0.255 e. The van der Waals surface area contributed by atoms with E-state index in [0.717, 1.165) is 12.8 Å². The summed E-state index contributed by atoms with van der Waals surface area (Å²) < 4.78 is 0. The summed E-state index contributed by atoms with van der Waals surface area (Å²) in [6, 6.07) is 3.76. The molecular formula is C14H23N3O. The summed E-state index contributed by atoms with van der Waals surface area (Å²) in [6.45, 7) is 4.22. The first-order valence-electron chi connectivity index (χ1n) is 6.62. The fourth-order valence-corrected chi connectivity index (χ4v) is 1.86. The molecule has 18 heavy (non-hydrogen) atoms. The molecule has 1 amide bonds. The quantitative estimate of drug-likeness (QED) is 0.731. The Morgan fingerprint density at radius 2 is 2.22 bits per heavy atom. The van der Waals surface area contributed by atoms with Crippen molar-refractivity contribution in [1.29, 1.82) is 0 Å². The van der Waals surface area contributed by atoms with Gasteiger partial charge in [0.15, 0.2) is 0 Å². The predicted octanol–water partition coefficient (Wildman–Crippen LogP) is 2.82. The van der Waals surface area contributed by atoms with Gasteiger partial charge in [0.25, 0.3) is 5.91 Å². The molecule has 100 valence electrons. The van der Waals surface area contributed by atoms with E-state index < -0.39 is 0 Å². The fraction of sp³-hybridized carbons (Fsp3) is 0.571. The summed E-state index contributed by atoms with van der Waals surface area (Å²) in [7, 11) is 1.77. The maximum Gasteiger partial charge on any atom is 0.255 e. The minimum atomic E-state index is -0.0588. The van der Waals surface area contributed by atoms with Crippen molar-refractivity contribution >= 4 is 11.7 Å². The molecule has 1 aromatic heterocycles. The second kappa shape index (κ2) is 7.69. The van der Waals surface area contributed by atoms with E-state index in [4.69, 9.17) is 0 Å². The van der Waals surface area contributed by atoms with Gasteiger partial charge in [-0.3, -0.25) is 4.79 Å². The Hall–Kier alpha value is -1.58. The zero-order chi connectivity index (χ0) is 13.4. The van der Waals surface area contributed by atoms with Gasteiger partial charge >= 0.3 is 0 Å². The molecule has 0 spiro atoms. The molecule has 1 unspecified atom stereocenters. The molecule has 0 saturated carbocycles. The zero-order valence-corrected chi connectivity index (χ0v) is 11.5. The number of anilines is 1. The molecular weight excluding hydrogens is 226 g/mol. The van der Waals surface area contributed by atoms with Gasteiger partial charge in [-0.05, 0) is 25.5 Å². The third-order valence-corrected chi connectivity index (χ3v) is 2.91. The number of nitrogens with one attached hydrogen (secondary N) is 2. The Balaban J connectivity index is 2.54. The van der Waals surface area contributed by atoms with E-state index in [-0.39, 0.29) is 11.9 Å². The minimum Gasteiger partial charge on any atom is -0.372 e. The summed E-state index contributed by atoms with van der Waals surface area (Å²) in [6.07, 6.45) is 6.27. The summed E-state index contributed by atoms with van der Waals surface area (Å²) in [5, 5.41) is 5.94. The number of unbranched alkanes of at least 4 members (excludes halogenated alkanes) is 2. The van der Waals surface area contributed by atoms with Crippen molar-refractivity contribution in [1.82, 2.24) is 10.3 Å². The zero-order valence-electron chi connectivity index (χ0n) is 11.5. The van der Waals surface area contributed by atoms with Crippen molar-refractivity contribution in [3.05, 3.63) is 23.9 Å². The van der Waals surface area contributed by atoms with Gasteiger partial charge in [-0.1, -0.05) is 26.2 Å². The van der Waals surface area contributed by atoms with E-state index in [1.807, 2.05) is 6.92 Å². The summed E-state index contributed by atoms with van der Waals surface area (Å²) in [4.78, 5) is 16.2. The average molecular weight is 249 g/mol. The van der Waals surface area contributed by atoms with Gasteiger partial charge in [-0.15, -0.1) is 0 Å². The highest BCUT2D eigenvalue weighted by atomic mass is 16.1. The molecule has 0 aromatic carbocycles. The van der Waals surface area contributed by atoms with Crippen LogP contribution in [0.3, 0.4) is 0 Å². The van der Waals surface area contributed by atoms with Gasteiger partial charge in [0.1, 0.15) is 5.82 Å². The van der Waals surface area contributed by atoms with Crippen LogP contribution in [0.1, 0.15) is 49.9 Å². The number of rotatable bonds is 7. The van der Waals surface area contributed by atoms with E-state index in [9.17, 15) is 4.79 Å². The maximum atomic E-state index is 12.1. The van der Waals surface area contributed by atoms with Crippen molar-refractivity contribution in [2.45, 2.75) is 45.6 Å². The number of nitrogens with zero attached hydrogens (tertiary/aromatic N) is 1. The molecule has 0 saturated heterocycles. The molecule has 1 atom stereocenters. The molecule has 0 radical (unpaired) electrons. The molecule has 1 heterocycles. The lowest BCUT2D eigenvalue weighted by molar-refractivity contribution is 0.0938. The highest BCUT2D eigenvalue weighted by Gasteiger charge is 2.13. The molecule has 2 N–H and O–H groups in total. The SMILES string of the molecule is CCCCCC(C)NC(=O)c1cccnc1NC. The predicted molar refractivity (Wildman–Crippen MR) is 74.9 cm³/mol. The summed E-state index contributed by atoms with van der Waals surface area (Å²) in [5.74, 6) is 0.562. The first-order chi connectivity index (χ1) is 8.69. The van der Waals surface area contributed by atoms with Crippen LogP contribution in [-0.4, -0.2) is 24.0 Å². The van der Waals surface area contributed by atoms with Crippen LogP contribution in [0.5, 0.6) is 0 Å². The third kappa shape index (κ3) is 4.35. The van der Waals surface area contributed by atoms with Gasteiger partial charge in [0, 0.05) is 19.3 Å². The highest BCUT2D eigenvalue weighted by molar-refractivity contribution is 5.98. The molecule has 1 aromatic rings. The van der Waals surface area contributed by atoms with Gasteiger partial charge < -0.3 is 10.6 Å². The van der Waals surface area contributed by atoms with E-state index in [0.29, 0.717) is 11.4 Å². The molecule has 0 aliphatic heterocycles. The van der Waals surface area contributed by atoms with Crippen LogP contribution in [0.4, 0.5) is 5.82 Å². The molecule has 4 heteroatoms. The standard InChI is InChI=1S/C14H23N3O/c1-4-5-6-8-11(2)17-14(18)12-9-7-10-16-13(12)15-3/h7,9-11H,4-6,8H2,1-3H3,(H,15,16)(H,17,18). The van der Waals surface area contributed by atoms with Crippen LogP contribution in [0, 0.1) is 0 Å². The Bertz CT molecular complexity index is 379. The largest absolute Gasteiger partial charge is 0.372 e. The highest BCUT2D eigenvalue weighted by Crippen LogP contribution is 2.11. The number of hydrogen-bond donors (Lipinski definition) is 2. The Kier molecular flexibility index (Phi) is 6.19. The maximum absolute atomic E-state index is 12.1. The normalized spacial score (nSPS) is 11.9. The summed E-state index contributed by atoms with van der Waals surface area (Å²) >= 11 is 0. The van der Waals surface area contributed by atoms with Crippen LogP contribution in [0.15, 0.2) is 18.3 Å². The van der Waals surface area contributed by atoms with Crippen LogP contribution >= 0.6 is 0 Å². The molecule has 1 rings (SSSR count). The summed E-state index contributed by atoms with van der Waals surface area (Å²) in [5.41, 5.74) is 0.599. The fourth-order valence-electron chi connectivity index (χ4n) is 1.86. The number of aromatic nitrogens is 1. The van der Waals surface area contributed by atoms with Crippen molar-refractivity contribution in [2.24, 2.45) is 0 Å². The van der Waals surface area contributed by atoms with Gasteiger partial charge in [-0.2, -0.15) is 0 Å². The molecule has 0 aliphatic rings. The van der Waals surface area contributed by atoms with Crippen molar-refractivity contribution in [3.63, 3.8) is 0 Å². The van der Waals surface area contributed by atoms with Crippen LogP contribution in [-0.2, 0) is 0 Å². The second-order valence-corrected chi connectivity index (χ2v) is 4.52. The van der Waals surface area contributed by atoms with Crippen LogP contribution < -0.4 is 10.6 Å².